The lowest BCUT2D eigenvalue weighted by Gasteiger charge is -2.05. The monoisotopic (exact) mass is 221 g/mol. The van der Waals surface area contributed by atoms with Crippen LogP contribution in [-0.2, 0) is 0 Å². The van der Waals surface area contributed by atoms with E-state index in [0.717, 1.165) is 15.7 Å². The van der Waals surface area contributed by atoms with E-state index in [1.165, 1.54) is 11.8 Å². The molecule has 0 saturated heterocycles. The second kappa shape index (κ2) is 4.46. The minimum absolute atomic E-state index is 0.469. The number of H-pyrrole nitrogens is 1. The van der Waals surface area contributed by atoms with Gasteiger partial charge >= 0.3 is 0 Å². The molecule has 0 saturated carbocycles. The van der Waals surface area contributed by atoms with Gasteiger partial charge < -0.3 is 10.1 Å². The van der Waals surface area contributed by atoms with E-state index in [0.29, 0.717) is 0 Å². The summed E-state index contributed by atoms with van der Waals surface area (Å²) in [5.41, 5.74) is 0.860. The molecule has 0 amide bonds. The summed E-state index contributed by atoms with van der Waals surface area (Å²) < 4.78 is 0. The van der Waals surface area contributed by atoms with E-state index in [9.17, 15) is 5.11 Å². The Balaban J connectivity index is 2.18. The summed E-state index contributed by atoms with van der Waals surface area (Å²) in [4.78, 5) is 11.3. The topological polar surface area (TPSA) is 61.8 Å². The van der Waals surface area contributed by atoms with Gasteiger partial charge in [0.05, 0.1) is 6.10 Å². The number of hydrogen-bond acceptors (Lipinski definition) is 4. The molecule has 15 heavy (non-hydrogen) atoms. The molecule has 0 fully saturated rings. The number of nitrogens with zero attached hydrogens (tertiary/aromatic N) is 2. The fourth-order valence-electron chi connectivity index (χ4n) is 1.15. The fourth-order valence-corrected chi connectivity index (χ4v) is 1.89. The highest BCUT2D eigenvalue weighted by Gasteiger charge is 2.04. The van der Waals surface area contributed by atoms with Crippen molar-refractivity contribution < 1.29 is 5.11 Å². The number of rotatable bonds is 3. The van der Waals surface area contributed by atoms with Gasteiger partial charge in [-0.2, -0.15) is 0 Å². The SMILES string of the molecule is C[C@H](O)c1ccnc(Sc2ncc[nH]2)c1. The average molecular weight is 221 g/mol. The largest absolute Gasteiger partial charge is 0.389 e. The molecule has 2 aromatic rings. The van der Waals surface area contributed by atoms with Crippen LogP contribution in [0.1, 0.15) is 18.6 Å². The Morgan fingerprint density at radius 3 is 2.93 bits per heavy atom. The van der Waals surface area contributed by atoms with Gasteiger partial charge in [-0.3, -0.25) is 0 Å². The van der Waals surface area contributed by atoms with Crippen molar-refractivity contribution >= 4 is 11.8 Å². The fraction of sp³-hybridized carbons (Fsp3) is 0.200. The number of pyridine rings is 1. The van der Waals surface area contributed by atoms with Crippen LogP contribution in [0.15, 0.2) is 40.9 Å². The molecular formula is C10H11N3OS. The zero-order valence-corrected chi connectivity index (χ0v) is 9.03. The molecule has 2 heterocycles. The summed E-state index contributed by atoms with van der Waals surface area (Å²) in [6.07, 6.45) is 4.68. The number of hydrogen-bond donors (Lipinski definition) is 2. The van der Waals surface area contributed by atoms with Crippen LogP contribution in [0.3, 0.4) is 0 Å². The first-order valence-electron chi connectivity index (χ1n) is 4.57. The summed E-state index contributed by atoms with van der Waals surface area (Å²) in [6, 6.07) is 3.66. The second-order valence-electron chi connectivity index (χ2n) is 3.10. The van der Waals surface area contributed by atoms with Crippen LogP contribution >= 0.6 is 11.8 Å². The zero-order valence-electron chi connectivity index (χ0n) is 8.21. The highest BCUT2D eigenvalue weighted by Crippen LogP contribution is 2.24. The Hall–Kier alpha value is -1.33. The van der Waals surface area contributed by atoms with Crippen LogP contribution in [-0.4, -0.2) is 20.1 Å². The summed E-state index contributed by atoms with van der Waals surface area (Å²) in [6.45, 7) is 1.73. The standard InChI is InChI=1S/C10H11N3OS/c1-7(14)8-2-3-11-9(6-8)15-10-12-4-5-13-10/h2-7,14H,1H3,(H,12,13)/t7-/m0/s1. The summed E-state index contributed by atoms with van der Waals surface area (Å²) >= 11 is 1.44. The Bertz CT molecular complexity index is 428. The summed E-state index contributed by atoms with van der Waals surface area (Å²) in [5, 5.41) is 11.0. The number of imidazole rings is 1. The van der Waals surface area contributed by atoms with E-state index in [1.807, 2.05) is 6.07 Å². The van der Waals surface area contributed by atoms with Gasteiger partial charge in [0.25, 0.3) is 0 Å². The molecule has 0 aliphatic carbocycles. The van der Waals surface area contributed by atoms with Gasteiger partial charge in [-0.15, -0.1) is 0 Å². The lowest BCUT2D eigenvalue weighted by molar-refractivity contribution is 0.199. The van der Waals surface area contributed by atoms with Gasteiger partial charge in [0.1, 0.15) is 5.03 Å². The molecule has 0 aromatic carbocycles. The molecular weight excluding hydrogens is 210 g/mol. The second-order valence-corrected chi connectivity index (χ2v) is 4.11. The van der Waals surface area contributed by atoms with Crippen molar-refractivity contribution in [1.82, 2.24) is 15.0 Å². The molecule has 0 aliphatic heterocycles. The maximum absolute atomic E-state index is 9.41. The van der Waals surface area contributed by atoms with Gasteiger partial charge in [-0.25, -0.2) is 9.97 Å². The number of nitrogens with one attached hydrogen (secondary N) is 1. The summed E-state index contributed by atoms with van der Waals surface area (Å²) in [7, 11) is 0. The van der Waals surface area contributed by atoms with E-state index in [-0.39, 0.29) is 0 Å². The molecule has 0 unspecified atom stereocenters. The molecule has 78 valence electrons. The van der Waals surface area contributed by atoms with Gasteiger partial charge in [0, 0.05) is 18.6 Å². The van der Waals surface area contributed by atoms with Crippen molar-refractivity contribution in [1.29, 1.82) is 0 Å². The lowest BCUT2D eigenvalue weighted by atomic mass is 10.2. The molecule has 0 radical (unpaired) electrons. The first-order chi connectivity index (χ1) is 7.25. The number of aliphatic hydroxyl groups excluding tert-OH is 1. The zero-order chi connectivity index (χ0) is 10.7. The van der Waals surface area contributed by atoms with E-state index in [1.54, 1.807) is 31.6 Å². The molecule has 2 rings (SSSR count). The van der Waals surface area contributed by atoms with E-state index >= 15 is 0 Å². The highest BCUT2D eigenvalue weighted by atomic mass is 32.2. The van der Waals surface area contributed by atoms with Crippen molar-refractivity contribution in [2.45, 2.75) is 23.2 Å². The first kappa shape index (κ1) is 10.2. The molecule has 2 aromatic heterocycles. The predicted octanol–water partition coefficient (Wildman–Crippen LogP) is 2.01. The minimum Gasteiger partial charge on any atom is -0.389 e. The minimum atomic E-state index is -0.469. The third-order valence-electron chi connectivity index (χ3n) is 1.92. The Labute approximate surface area is 91.8 Å². The Kier molecular flexibility index (Phi) is 3.03. The maximum Gasteiger partial charge on any atom is 0.171 e. The van der Waals surface area contributed by atoms with Gasteiger partial charge in [-0.1, -0.05) is 0 Å². The van der Waals surface area contributed by atoms with Crippen molar-refractivity contribution in [2.24, 2.45) is 0 Å². The van der Waals surface area contributed by atoms with Crippen LogP contribution < -0.4 is 0 Å². The van der Waals surface area contributed by atoms with Crippen LogP contribution in [0.2, 0.25) is 0 Å². The van der Waals surface area contributed by atoms with E-state index < -0.39 is 6.10 Å². The molecule has 0 spiro atoms. The van der Waals surface area contributed by atoms with Crippen LogP contribution in [0.5, 0.6) is 0 Å². The quantitative estimate of drug-likeness (QED) is 0.832. The third kappa shape index (κ3) is 2.57. The average Bonchev–Trinajstić information content (AvgIpc) is 2.71. The Morgan fingerprint density at radius 2 is 2.27 bits per heavy atom. The van der Waals surface area contributed by atoms with Crippen LogP contribution in [0.25, 0.3) is 0 Å². The van der Waals surface area contributed by atoms with Gasteiger partial charge in [0.2, 0.25) is 0 Å². The van der Waals surface area contributed by atoms with Crippen LogP contribution in [0, 0.1) is 0 Å². The maximum atomic E-state index is 9.41. The molecule has 0 bridgehead atoms. The predicted molar refractivity (Wildman–Crippen MR) is 57.6 cm³/mol. The Morgan fingerprint density at radius 1 is 1.40 bits per heavy atom. The van der Waals surface area contributed by atoms with Gasteiger partial charge in [-0.05, 0) is 36.4 Å². The van der Waals surface area contributed by atoms with Crippen molar-refractivity contribution in [3.63, 3.8) is 0 Å². The van der Waals surface area contributed by atoms with E-state index in [2.05, 4.69) is 15.0 Å². The molecule has 0 aliphatic rings. The highest BCUT2D eigenvalue weighted by molar-refractivity contribution is 7.99. The normalized spacial score (nSPS) is 12.7. The number of aromatic nitrogens is 3. The number of aromatic amines is 1. The molecule has 4 nitrogen and oxygen atoms in total. The summed E-state index contributed by atoms with van der Waals surface area (Å²) in [5.74, 6) is 0. The molecule has 5 heteroatoms. The van der Waals surface area contributed by atoms with E-state index in [4.69, 9.17) is 0 Å². The van der Waals surface area contributed by atoms with Crippen molar-refractivity contribution in [3.8, 4) is 0 Å². The smallest absolute Gasteiger partial charge is 0.171 e. The molecule has 1 atom stereocenters. The number of aliphatic hydroxyl groups is 1. The third-order valence-corrected chi connectivity index (χ3v) is 2.76. The lowest BCUT2D eigenvalue weighted by Crippen LogP contribution is -1.92. The van der Waals surface area contributed by atoms with Crippen LogP contribution in [0.4, 0.5) is 0 Å². The van der Waals surface area contributed by atoms with Crippen molar-refractivity contribution in [2.75, 3.05) is 0 Å². The van der Waals surface area contributed by atoms with Crippen molar-refractivity contribution in [3.05, 3.63) is 36.3 Å². The molecule has 2 N–H and O–H groups in total. The van der Waals surface area contributed by atoms with Gasteiger partial charge in [0.15, 0.2) is 5.16 Å². The first-order valence-corrected chi connectivity index (χ1v) is 5.38.